The van der Waals surface area contributed by atoms with Gasteiger partial charge in [-0.05, 0) is 44.0 Å². The summed E-state index contributed by atoms with van der Waals surface area (Å²) in [6, 6.07) is 5.73. The van der Waals surface area contributed by atoms with E-state index in [0.29, 0.717) is 13.1 Å². The molecule has 7 nitrogen and oxygen atoms in total. The predicted octanol–water partition coefficient (Wildman–Crippen LogP) is 1.54. The minimum atomic E-state index is -3.57. The van der Waals surface area contributed by atoms with Crippen LogP contribution in [0.15, 0.2) is 29.2 Å². The van der Waals surface area contributed by atoms with Crippen molar-refractivity contribution >= 4 is 21.9 Å². The van der Waals surface area contributed by atoms with Gasteiger partial charge >= 0.3 is 5.97 Å². The van der Waals surface area contributed by atoms with Gasteiger partial charge in [0.25, 0.3) is 5.91 Å². The zero-order chi connectivity index (χ0) is 18.6. The smallest absolute Gasteiger partial charge is 0.338 e. The van der Waals surface area contributed by atoms with Gasteiger partial charge in [0.1, 0.15) is 0 Å². The molecule has 1 fully saturated rings. The van der Waals surface area contributed by atoms with E-state index in [9.17, 15) is 18.0 Å². The van der Waals surface area contributed by atoms with Gasteiger partial charge in [-0.2, -0.15) is 4.31 Å². The Morgan fingerprint density at radius 1 is 1.20 bits per heavy atom. The second-order valence-electron chi connectivity index (χ2n) is 5.94. The summed E-state index contributed by atoms with van der Waals surface area (Å²) < 4.78 is 31.3. The van der Waals surface area contributed by atoms with E-state index in [-0.39, 0.29) is 22.4 Å². The van der Waals surface area contributed by atoms with E-state index in [1.807, 2.05) is 0 Å². The van der Waals surface area contributed by atoms with Crippen molar-refractivity contribution in [2.75, 3.05) is 13.1 Å². The molecule has 0 bridgehead atoms. The van der Waals surface area contributed by atoms with Crippen molar-refractivity contribution in [3.8, 4) is 0 Å². The first-order valence-electron chi connectivity index (χ1n) is 8.41. The third kappa shape index (κ3) is 4.79. The zero-order valence-corrected chi connectivity index (χ0v) is 15.5. The lowest BCUT2D eigenvalue weighted by Crippen LogP contribution is -2.37. The van der Waals surface area contributed by atoms with Crippen LogP contribution in [0.3, 0.4) is 0 Å². The molecular weight excluding hydrogens is 344 g/mol. The first-order valence-corrected chi connectivity index (χ1v) is 9.85. The fourth-order valence-electron chi connectivity index (χ4n) is 2.30. The van der Waals surface area contributed by atoms with Crippen molar-refractivity contribution < 1.29 is 22.7 Å². The minimum Gasteiger partial charge on any atom is -0.449 e. The summed E-state index contributed by atoms with van der Waals surface area (Å²) in [5.41, 5.74) is 0.199. The number of sulfonamides is 1. The number of nitrogens with one attached hydrogen (secondary N) is 1. The number of carbonyl (C=O) groups is 2. The molecule has 0 heterocycles. The maximum Gasteiger partial charge on any atom is 0.338 e. The Bertz CT molecular complexity index is 722. The standard InChI is InChI=1S/C17H24N2O5S/c1-4-19(5-2)25(22,23)15-10-6-13(7-11-15)17(21)24-12(3)16(20)18-14-8-9-14/h6-7,10-12,14H,4-5,8-9H2,1-3H3,(H,18,20)/t12-/m0/s1. The van der Waals surface area contributed by atoms with E-state index in [0.717, 1.165) is 12.8 Å². The molecule has 1 atom stereocenters. The van der Waals surface area contributed by atoms with Crippen molar-refractivity contribution in [2.24, 2.45) is 0 Å². The van der Waals surface area contributed by atoms with Crippen LogP contribution in [-0.4, -0.2) is 49.8 Å². The molecule has 0 aromatic heterocycles. The normalized spacial score (nSPS) is 15.7. The Balaban J connectivity index is 2.03. The molecule has 0 spiro atoms. The molecule has 1 aliphatic rings. The first-order chi connectivity index (χ1) is 11.8. The fourth-order valence-corrected chi connectivity index (χ4v) is 3.76. The summed E-state index contributed by atoms with van der Waals surface area (Å²) in [5, 5.41) is 2.76. The van der Waals surface area contributed by atoms with Gasteiger partial charge in [0.05, 0.1) is 10.5 Å². The number of hydrogen-bond acceptors (Lipinski definition) is 5. The molecule has 1 aromatic carbocycles. The molecule has 1 N–H and O–H groups in total. The molecular formula is C17H24N2O5S. The number of nitrogens with zero attached hydrogens (tertiary/aromatic N) is 1. The maximum atomic E-state index is 12.4. The van der Waals surface area contributed by atoms with Crippen LogP contribution >= 0.6 is 0 Å². The molecule has 1 saturated carbocycles. The lowest BCUT2D eigenvalue weighted by Gasteiger charge is -2.18. The number of esters is 1. The molecule has 2 rings (SSSR count). The van der Waals surface area contributed by atoms with Crippen molar-refractivity contribution in [1.29, 1.82) is 0 Å². The van der Waals surface area contributed by atoms with Gasteiger partial charge in [0.2, 0.25) is 10.0 Å². The summed E-state index contributed by atoms with van der Waals surface area (Å²) in [5.74, 6) is -0.984. The van der Waals surface area contributed by atoms with Crippen molar-refractivity contribution in [3.05, 3.63) is 29.8 Å². The molecule has 1 aliphatic carbocycles. The predicted molar refractivity (Wildman–Crippen MR) is 92.6 cm³/mol. The van der Waals surface area contributed by atoms with Crippen molar-refractivity contribution in [1.82, 2.24) is 9.62 Å². The quantitative estimate of drug-likeness (QED) is 0.703. The lowest BCUT2D eigenvalue weighted by molar-refractivity contribution is -0.129. The molecule has 25 heavy (non-hydrogen) atoms. The highest BCUT2D eigenvalue weighted by molar-refractivity contribution is 7.89. The number of carbonyl (C=O) groups excluding carboxylic acids is 2. The van der Waals surface area contributed by atoms with Crippen LogP contribution in [0, 0.1) is 0 Å². The number of amides is 1. The third-order valence-electron chi connectivity index (χ3n) is 4.01. The summed E-state index contributed by atoms with van der Waals surface area (Å²) in [7, 11) is -3.57. The Morgan fingerprint density at radius 2 is 1.76 bits per heavy atom. The van der Waals surface area contributed by atoms with E-state index < -0.39 is 22.1 Å². The number of ether oxygens (including phenoxy) is 1. The molecule has 8 heteroatoms. The van der Waals surface area contributed by atoms with Crippen LogP contribution in [0.2, 0.25) is 0 Å². The summed E-state index contributed by atoms with van der Waals surface area (Å²) in [6.45, 7) is 5.78. The topological polar surface area (TPSA) is 92.8 Å². The Hall–Kier alpha value is -1.93. The van der Waals surface area contributed by atoms with Crippen LogP contribution in [0.1, 0.15) is 44.0 Å². The van der Waals surface area contributed by atoms with Gasteiger partial charge in [0.15, 0.2) is 6.10 Å². The fraction of sp³-hybridized carbons (Fsp3) is 0.529. The van der Waals surface area contributed by atoms with E-state index in [1.54, 1.807) is 13.8 Å². The number of rotatable bonds is 8. The molecule has 1 aromatic rings. The molecule has 0 radical (unpaired) electrons. The van der Waals surface area contributed by atoms with Crippen LogP contribution in [0.4, 0.5) is 0 Å². The monoisotopic (exact) mass is 368 g/mol. The molecule has 138 valence electrons. The van der Waals surface area contributed by atoms with Gasteiger partial charge in [-0.1, -0.05) is 13.8 Å². The highest BCUT2D eigenvalue weighted by Gasteiger charge is 2.27. The highest BCUT2D eigenvalue weighted by Crippen LogP contribution is 2.19. The van der Waals surface area contributed by atoms with E-state index in [2.05, 4.69) is 5.32 Å². The molecule has 0 aliphatic heterocycles. The van der Waals surface area contributed by atoms with Crippen molar-refractivity contribution in [2.45, 2.75) is 50.7 Å². The lowest BCUT2D eigenvalue weighted by atomic mass is 10.2. The number of hydrogen-bond donors (Lipinski definition) is 1. The molecule has 0 saturated heterocycles. The van der Waals surface area contributed by atoms with Crippen LogP contribution in [0.5, 0.6) is 0 Å². The maximum absolute atomic E-state index is 12.4. The van der Waals surface area contributed by atoms with E-state index in [1.165, 1.54) is 35.5 Å². The average Bonchev–Trinajstić information content (AvgIpc) is 3.39. The Labute approximate surface area is 148 Å². The largest absolute Gasteiger partial charge is 0.449 e. The molecule has 1 amide bonds. The molecule has 0 unspecified atom stereocenters. The average molecular weight is 368 g/mol. The van der Waals surface area contributed by atoms with Gasteiger partial charge in [0, 0.05) is 19.1 Å². The van der Waals surface area contributed by atoms with Crippen molar-refractivity contribution in [3.63, 3.8) is 0 Å². The van der Waals surface area contributed by atoms with Crippen LogP contribution in [0.25, 0.3) is 0 Å². The van der Waals surface area contributed by atoms with E-state index >= 15 is 0 Å². The van der Waals surface area contributed by atoms with Crippen LogP contribution in [-0.2, 0) is 19.6 Å². The van der Waals surface area contributed by atoms with Gasteiger partial charge in [-0.25, -0.2) is 13.2 Å². The Morgan fingerprint density at radius 3 is 2.24 bits per heavy atom. The summed E-state index contributed by atoms with van der Waals surface area (Å²) in [6.07, 6.45) is 1.01. The summed E-state index contributed by atoms with van der Waals surface area (Å²) >= 11 is 0. The summed E-state index contributed by atoms with van der Waals surface area (Å²) in [4.78, 5) is 24.0. The van der Waals surface area contributed by atoms with Gasteiger partial charge in [-0.15, -0.1) is 0 Å². The minimum absolute atomic E-state index is 0.118. The zero-order valence-electron chi connectivity index (χ0n) is 14.7. The third-order valence-corrected chi connectivity index (χ3v) is 6.07. The highest BCUT2D eigenvalue weighted by atomic mass is 32.2. The van der Waals surface area contributed by atoms with Crippen LogP contribution < -0.4 is 5.32 Å². The van der Waals surface area contributed by atoms with Gasteiger partial charge in [-0.3, -0.25) is 4.79 Å². The first kappa shape index (κ1) is 19.4. The van der Waals surface area contributed by atoms with Gasteiger partial charge < -0.3 is 10.1 Å². The second-order valence-corrected chi connectivity index (χ2v) is 7.88. The Kier molecular flexibility index (Phi) is 6.18. The number of benzene rings is 1. The van der Waals surface area contributed by atoms with E-state index in [4.69, 9.17) is 4.74 Å². The SMILES string of the molecule is CCN(CC)S(=O)(=O)c1ccc(C(=O)O[C@@H](C)C(=O)NC2CC2)cc1. The second kappa shape index (κ2) is 7.97.